The van der Waals surface area contributed by atoms with Gasteiger partial charge >= 0.3 is 5.97 Å². The van der Waals surface area contributed by atoms with Gasteiger partial charge in [-0.2, -0.15) is 0 Å². The molecule has 0 bridgehead atoms. The van der Waals surface area contributed by atoms with Crippen molar-refractivity contribution in [3.63, 3.8) is 0 Å². The van der Waals surface area contributed by atoms with E-state index in [9.17, 15) is 9.90 Å². The van der Waals surface area contributed by atoms with Gasteiger partial charge in [-0.15, -0.1) is 0 Å². The van der Waals surface area contributed by atoms with Crippen LogP contribution in [0.25, 0.3) is 6.08 Å². The average Bonchev–Trinajstić information content (AvgIpc) is 2.61. The molecular formula is C20H28N2O3. The van der Waals surface area contributed by atoms with E-state index in [1.54, 1.807) is 6.07 Å². The van der Waals surface area contributed by atoms with Crippen LogP contribution < -0.4 is 10.5 Å². The van der Waals surface area contributed by atoms with Crippen molar-refractivity contribution in [1.82, 2.24) is 4.90 Å². The van der Waals surface area contributed by atoms with Crippen LogP contribution in [0.4, 0.5) is 5.69 Å². The van der Waals surface area contributed by atoms with Gasteiger partial charge in [0.2, 0.25) is 0 Å². The van der Waals surface area contributed by atoms with Crippen molar-refractivity contribution in [2.45, 2.75) is 45.1 Å². The number of rotatable bonds is 6. The number of hydrogen-bond acceptors (Lipinski definition) is 4. The molecule has 3 N–H and O–H groups in total. The molecule has 2 aliphatic heterocycles. The lowest BCUT2D eigenvalue weighted by molar-refractivity contribution is 0.0688. The molecule has 0 amide bonds. The Bertz CT molecular complexity index is 649. The van der Waals surface area contributed by atoms with Crippen LogP contribution in [0.15, 0.2) is 18.2 Å². The Morgan fingerprint density at radius 1 is 1.36 bits per heavy atom. The Labute approximate surface area is 149 Å². The van der Waals surface area contributed by atoms with E-state index in [1.807, 2.05) is 12.2 Å². The number of anilines is 1. The van der Waals surface area contributed by atoms with E-state index in [4.69, 9.17) is 10.5 Å². The molecule has 1 unspecified atom stereocenters. The number of benzene rings is 1. The summed E-state index contributed by atoms with van der Waals surface area (Å²) in [7, 11) is 0. The molecule has 1 fully saturated rings. The van der Waals surface area contributed by atoms with E-state index in [0.717, 1.165) is 19.5 Å². The van der Waals surface area contributed by atoms with E-state index in [2.05, 4.69) is 11.8 Å². The quantitative estimate of drug-likeness (QED) is 0.771. The molecule has 0 radical (unpaired) electrons. The van der Waals surface area contributed by atoms with E-state index < -0.39 is 5.97 Å². The van der Waals surface area contributed by atoms with E-state index in [1.165, 1.54) is 38.3 Å². The van der Waals surface area contributed by atoms with Gasteiger partial charge in [0, 0.05) is 11.3 Å². The number of carboxylic acids is 1. The topological polar surface area (TPSA) is 75.8 Å². The lowest BCUT2D eigenvalue weighted by atomic mass is 9.90. The minimum absolute atomic E-state index is 0.0698. The number of unbranched alkanes of at least 4 members (excludes halogenated alkanes) is 1. The summed E-state index contributed by atoms with van der Waals surface area (Å²) < 4.78 is 6.04. The maximum absolute atomic E-state index is 11.5. The standard InChI is InChI=1S/C20H28N2O3/c1-2-3-10-22-11-8-14(9-12-22)13-15-4-5-16-18(21)7-6-17(20(23)24)19(16)25-15/h4-7,14-15H,2-3,8-13,21H2,1H3,(H,23,24). The second kappa shape index (κ2) is 7.91. The van der Waals surface area contributed by atoms with Crippen LogP contribution in [0, 0.1) is 5.92 Å². The summed E-state index contributed by atoms with van der Waals surface area (Å²) in [5, 5.41) is 9.39. The molecule has 2 heterocycles. The molecular weight excluding hydrogens is 316 g/mol. The fraction of sp³-hybridized carbons (Fsp3) is 0.550. The molecule has 0 spiro atoms. The molecule has 0 aliphatic carbocycles. The first kappa shape index (κ1) is 17.8. The van der Waals surface area contributed by atoms with Crippen molar-refractivity contribution < 1.29 is 14.6 Å². The number of fused-ring (bicyclic) bond motifs is 1. The highest BCUT2D eigenvalue weighted by atomic mass is 16.5. The van der Waals surface area contributed by atoms with Crippen LogP contribution in [0.3, 0.4) is 0 Å². The van der Waals surface area contributed by atoms with Crippen molar-refractivity contribution in [3.8, 4) is 5.75 Å². The predicted molar refractivity (Wildman–Crippen MR) is 100.0 cm³/mol. The normalized spacial score (nSPS) is 20.9. The summed E-state index contributed by atoms with van der Waals surface area (Å²) in [6.07, 6.45) is 9.70. The van der Waals surface area contributed by atoms with Crippen molar-refractivity contribution in [1.29, 1.82) is 0 Å². The van der Waals surface area contributed by atoms with Crippen molar-refractivity contribution in [2.75, 3.05) is 25.4 Å². The average molecular weight is 344 g/mol. The van der Waals surface area contributed by atoms with Crippen molar-refractivity contribution in [3.05, 3.63) is 29.3 Å². The van der Waals surface area contributed by atoms with Crippen LogP contribution in [0.5, 0.6) is 5.75 Å². The van der Waals surface area contributed by atoms with Gasteiger partial charge in [0.25, 0.3) is 0 Å². The Morgan fingerprint density at radius 3 is 2.80 bits per heavy atom. The van der Waals surface area contributed by atoms with E-state index in [0.29, 0.717) is 22.9 Å². The molecule has 1 aromatic carbocycles. The Morgan fingerprint density at radius 2 is 2.12 bits per heavy atom. The van der Waals surface area contributed by atoms with Crippen LogP contribution >= 0.6 is 0 Å². The summed E-state index contributed by atoms with van der Waals surface area (Å²) in [6, 6.07) is 3.15. The molecule has 136 valence electrons. The van der Waals surface area contributed by atoms with Gasteiger partial charge in [-0.25, -0.2) is 4.79 Å². The van der Waals surface area contributed by atoms with E-state index >= 15 is 0 Å². The van der Waals surface area contributed by atoms with Gasteiger partial charge in [-0.05, 0) is 75.5 Å². The number of nitrogen functional groups attached to an aromatic ring is 1. The smallest absolute Gasteiger partial charge is 0.339 e. The molecule has 5 heteroatoms. The van der Waals surface area contributed by atoms with Crippen LogP contribution in [-0.4, -0.2) is 41.7 Å². The maximum Gasteiger partial charge on any atom is 0.339 e. The summed E-state index contributed by atoms with van der Waals surface area (Å²) in [5.41, 5.74) is 7.39. The third kappa shape index (κ3) is 4.15. The third-order valence-corrected chi connectivity index (χ3v) is 5.31. The maximum atomic E-state index is 11.5. The highest BCUT2D eigenvalue weighted by Crippen LogP contribution is 2.36. The van der Waals surface area contributed by atoms with Gasteiger partial charge in [-0.3, -0.25) is 0 Å². The molecule has 1 atom stereocenters. The highest BCUT2D eigenvalue weighted by Gasteiger charge is 2.26. The number of piperidine rings is 1. The molecule has 0 aromatic heterocycles. The second-order valence-electron chi connectivity index (χ2n) is 7.14. The summed E-state index contributed by atoms with van der Waals surface area (Å²) >= 11 is 0. The van der Waals surface area contributed by atoms with Crippen LogP contribution in [0.2, 0.25) is 0 Å². The van der Waals surface area contributed by atoms with Gasteiger partial charge in [0.1, 0.15) is 17.4 Å². The first-order valence-corrected chi connectivity index (χ1v) is 9.31. The zero-order chi connectivity index (χ0) is 17.8. The zero-order valence-corrected chi connectivity index (χ0v) is 14.9. The minimum atomic E-state index is -0.977. The zero-order valence-electron chi connectivity index (χ0n) is 14.9. The summed E-state index contributed by atoms with van der Waals surface area (Å²) in [4.78, 5) is 14.0. The van der Waals surface area contributed by atoms with Crippen molar-refractivity contribution in [2.24, 2.45) is 5.92 Å². The summed E-state index contributed by atoms with van der Waals surface area (Å²) in [5.74, 6) is 0.0679. The lowest BCUT2D eigenvalue weighted by Gasteiger charge is -2.34. The fourth-order valence-corrected chi connectivity index (χ4v) is 3.76. The van der Waals surface area contributed by atoms with Gasteiger partial charge in [0.15, 0.2) is 0 Å². The number of aromatic carboxylic acids is 1. The number of nitrogens with two attached hydrogens (primary N) is 1. The Kier molecular flexibility index (Phi) is 5.63. The van der Waals surface area contributed by atoms with Gasteiger partial charge in [-0.1, -0.05) is 13.3 Å². The summed E-state index contributed by atoms with van der Waals surface area (Å²) in [6.45, 7) is 5.75. The Hall–Kier alpha value is -2.01. The fourth-order valence-electron chi connectivity index (χ4n) is 3.76. The first-order valence-electron chi connectivity index (χ1n) is 9.31. The van der Waals surface area contributed by atoms with Gasteiger partial charge in [0.05, 0.1) is 0 Å². The number of carboxylic acid groups (broad SMARTS) is 1. The third-order valence-electron chi connectivity index (χ3n) is 5.31. The molecule has 1 aromatic rings. The monoisotopic (exact) mass is 344 g/mol. The number of ether oxygens (including phenoxy) is 1. The second-order valence-corrected chi connectivity index (χ2v) is 7.14. The molecule has 5 nitrogen and oxygen atoms in total. The van der Waals surface area contributed by atoms with Crippen LogP contribution in [-0.2, 0) is 0 Å². The number of likely N-dealkylation sites (tertiary alicyclic amines) is 1. The minimum Gasteiger partial charge on any atom is -0.485 e. The highest BCUT2D eigenvalue weighted by molar-refractivity contribution is 5.94. The molecule has 1 saturated heterocycles. The SMILES string of the molecule is CCCCN1CCC(CC2C=Cc3c(N)ccc(C(=O)O)c3O2)CC1. The predicted octanol–water partition coefficient (Wildman–Crippen LogP) is 3.64. The largest absolute Gasteiger partial charge is 0.485 e. The first-order chi connectivity index (χ1) is 12.1. The van der Waals surface area contributed by atoms with Gasteiger partial charge < -0.3 is 20.5 Å². The lowest BCUT2D eigenvalue weighted by Crippen LogP contribution is -2.36. The molecule has 0 saturated carbocycles. The molecule has 2 aliphatic rings. The van der Waals surface area contributed by atoms with Crippen LogP contribution in [0.1, 0.15) is 54.9 Å². The molecule has 3 rings (SSSR count). The molecule has 25 heavy (non-hydrogen) atoms. The van der Waals surface area contributed by atoms with Crippen molar-refractivity contribution >= 4 is 17.7 Å². The van der Waals surface area contributed by atoms with E-state index in [-0.39, 0.29) is 11.7 Å². The number of hydrogen-bond donors (Lipinski definition) is 2. The number of nitrogens with zero attached hydrogens (tertiary/aromatic N) is 1. The Balaban J connectivity index is 1.61. The number of carbonyl (C=O) groups is 1.